The summed E-state index contributed by atoms with van der Waals surface area (Å²) in [7, 11) is 0. The zero-order chi connectivity index (χ0) is 14.0. The lowest BCUT2D eigenvalue weighted by atomic mass is 9.98. The molecule has 0 saturated carbocycles. The summed E-state index contributed by atoms with van der Waals surface area (Å²) >= 11 is 0. The molecule has 1 rings (SSSR count). The highest BCUT2D eigenvalue weighted by molar-refractivity contribution is 5.73. The highest BCUT2D eigenvalue weighted by Crippen LogP contribution is 2.24. The van der Waals surface area contributed by atoms with Gasteiger partial charge in [-0.15, -0.1) is 0 Å². The van der Waals surface area contributed by atoms with Crippen molar-refractivity contribution in [1.82, 2.24) is 0 Å². The summed E-state index contributed by atoms with van der Waals surface area (Å²) in [5, 5.41) is 37.8. The van der Waals surface area contributed by atoms with Crippen LogP contribution in [0.2, 0.25) is 0 Å². The summed E-state index contributed by atoms with van der Waals surface area (Å²) in [6, 6.07) is 0. The van der Waals surface area contributed by atoms with Crippen LogP contribution in [0.15, 0.2) is 0 Å². The van der Waals surface area contributed by atoms with E-state index in [1.54, 1.807) is 6.92 Å². The predicted octanol–water partition coefficient (Wildman–Crippen LogP) is -1.06. The van der Waals surface area contributed by atoms with Gasteiger partial charge in [-0.05, 0) is 12.8 Å². The SMILES string of the molecule is CC(C)C(C)O[C@@H]1[C@@H](O)[C@H](O)[C@@H](C(=O)O)O[C@H]1O. The van der Waals surface area contributed by atoms with Gasteiger partial charge in [0, 0.05) is 0 Å². The van der Waals surface area contributed by atoms with Gasteiger partial charge in [-0.2, -0.15) is 0 Å². The van der Waals surface area contributed by atoms with E-state index in [9.17, 15) is 20.1 Å². The van der Waals surface area contributed by atoms with Crippen molar-refractivity contribution in [3.8, 4) is 0 Å². The molecular formula is C11H20O7. The third-order valence-electron chi connectivity index (χ3n) is 3.12. The van der Waals surface area contributed by atoms with Gasteiger partial charge in [0.1, 0.15) is 18.3 Å². The minimum atomic E-state index is -1.66. The normalized spacial score (nSPS) is 38.7. The van der Waals surface area contributed by atoms with Gasteiger partial charge >= 0.3 is 5.97 Å². The Labute approximate surface area is 105 Å². The smallest absolute Gasteiger partial charge is 0.335 e. The molecule has 0 aromatic rings. The van der Waals surface area contributed by atoms with Crippen molar-refractivity contribution in [2.75, 3.05) is 0 Å². The quantitative estimate of drug-likeness (QED) is 0.511. The lowest BCUT2D eigenvalue weighted by Crippen LogP contribution is -2.61. The molecule has 1 fully saturated rings. The Balaban J connectivity index is 2.74. The van der Waals surface area contributed by atoms with Crippen LogP contribution in [0.4, 0.5) is 0 Å². The second-order valence-electron chi connectivity index (χ2n) is 4.82. The number of aliphatic hydroxyl groups excluding tert-OH is 3. The molecule has 1 saturated heterocycles. The Morgan fingerprint density at radius 3 is 2.17 bits per heavy atom. The molecule has 0 radical (unpaired) electrons. The molecule has 1 heterocycles. The largest absolute Gasteiger partial charge is 0.479 e. The molecule has 7 heteroatoms. The van der Waals surface area contributed by atoms with Gasteiger partial charge in [0.2, 0.25) is 0 Å². The number of hydrogen-bond donors (Lipinski definition) is 4. The Morgan fingerprint density at radius 2 is 1.72 bits per heavy atom. The number of aliphatic hydroxyl groups is 3. The Kier molecular flexibility index (Phi) is 5.06. The van der Waals surface area contributed by atoms with Crippen LogP contribution in [0, 0.1) is 5.92 Å². The van der Waals surface area contributed by atoms with Crippen LogP contribution in [0.1, 0.15) is 20.8 Å². The van der Waals surface area contributed by atoms with Gasteiger partial charge in [-0.1, -0.05) is 13.8 Å². The number of rotatable bonds is 4. The summed E-state index contributed by atoms with van der Waals surface area (Å²) in [4.78, 5) is 10.7. The number of carboxylic acid groups (broad SMARTS) is 1. The molecule has 1 unspecified atom stereocenters. The fourth-order valence-electron chi connectivity index (χ4n) is 1.61. The molecule has 106 valence electrons. The van der Waals surface area contributed by atoms with E-state index in [1.165, 1.54) is 0 Å². The topological polar surface area (TPSA) is 116 Å². The van der Waals surface area contributed by atoms with Crippen LogP contribution in [-0.4, -0.2) is 63.2 Å². The number of hydrogen-bond acceptors (Lipinski definition) is 6. The molecule has 1 aliphatic heterocycles. The highest BCUT2D eigenvalue weighted by Gasteiger charge is 2.48. The van der Waals surface area contributed by atoms with Crippen molar-refractivity contribution in [2.45, 2.75) is 57.6 Å². The lowest BCUT2D eigenvalue weighted by molar-refractivity contribution is -0.297. The standard InChI is InChI=1S/C11H20O7/c1-4(2)5(3)17-9-7(13)6(12)8(10(14)15)18-11(9)16/h4-9,11-13,16H,1-3H3,(H,14,15)/t5?,6-,7-,8-,9+,11+/m0/s1. The molecule has 0 spiro atoms. The van der Waals surface area contributed by atoms with Crippen molar-refractivity contribution in [1.29, 1.82) is 0 Å². The maximum atomic E-state index is 10.7. The van der Waals surface area contributed by atoms with E-state index in [0.717, 1.165) is 0 Å². The van der Waals surface area contributed by atoms with Crippen LogP contribution >= 0.6 is 0 Å². The van der Waals surface area contributed by atoms with E-state index in [4.69, 9.17) is 14.6 Å². The summed E-state index contributed by atoms with van der Waals surface area (Å²) in [5.41, 5.74) is 0. The maximum absolute atomic E-state index is 10.7. The van der Waals surface area contributed by atoms with Crippen LogP contribution in [-0.2, 0) is 14.3 Å². The third kappa shape index (κ3) is 3.18. The van der Waals surface area contributed by atoms with Crippen molar-refractivity contribution in [3.63, 3.8) is 0 Å². The van der Waals surface area contributed by atoms with Crippen molar-refractivity contribution >= 4 is 5.97 Å². The fourth-order valence-corrected chi connectivity index (χ4v) is 1.61. The summed E-state index contributed by atoms with van der Waals surface area (Å²) in [5.74, 6) is -1.31. The molecule has 7 nitrogen and oxygen atoms in total. The van der Waals surface area contributed by atoms with Gasteiger partial charge < -0.3 is 29.9 Å². The molecule has 18 heavy (non-hydrogen) atoms. The molecule has 0 aromatic heterocycles. The lowest BCUT2D eigenvalue weighted by Gasteiger charge is -2.40. The van der Waals surface area contributed by atoms with Gasteiger partial charge in [-0.3, -0.25) is 0 Å². The number of ether oxygens (including phenoxy) is 2. The fraction of sp³-hybridized carbons (Fsp3) is 0.909. The summed E-state index contributed by atoms with van der Waals surface area (Å²) < 4.78 is 10.1. The van der Waals surface area contributed by atoms with Crippen LogP contribution < -0.4 is 0 Å². The molecule has 0 aromatic carbocycles. The van der Waals surface area contributed by atoms with Gasteiger partial charge in [0.05, 0.1) is 6.10 Å². The molecule has 0 amide bonds. The van der Waals surface area contributed by atoms with E-state index < -0.39 is 36.7 Å². The monoisotopic (exact) mass is 264 g/mol. The predicted molar refractivity (Wildman–Crippen MR) is 59.7 cm³/mol. The van der Waals surface area contributed by atoms with E-state index in [-0.39, 0.29) is 12.0 Å². The van der Waals surface area contributed by atoms with E-state index in [2.05, 4.69) is 0 Å². The minimum Gasteiger partial charge on any atom is -0.479 e. The van der Waals surface area contributed by atoms with E-state index in [0.29, 0.717) is 0 Å². The molecule has 1 aliphatic rings. The van der Waals surface area contributed by atoms with Gasteiger partial charge in [-0.25, -0.2) is 4.79 Å². The van der Waals surface area contributed by atoms with Crippen LogP contribution in [0.3, 0.4) is 0 Å². The average molecular weight is 264 g/mol. The maximum Gasteiger partial charge on any atom is 0.335 e. The Hall–Kier alpha value is -0.730. The van der Waals surface area contributed by atoms with Crippen LogP contribution in [0.5, 0.6) is 0 Å². The van der Waals surface area contributed by atoms with Gasteiger partial charge in [0.25, 0.3) is 0 Å². The minimum absolute atomic E-state index is 0.138. The number of carboxylic acids is 1. The average Bonchev–Trinajstić information content (AvgIpc) is 2.28. The second-order valence-corrected chi connectivity index (χ2v) is 4.82. The zero-order valence-electron chi connectivity index (χ0n) is 10.6. The van der Waals surface area contributed by atoms with E-state index >= 15 is 0 Å². The Bertz CT molecular complexity index is 293. The van der Waals surface area contributed by atoms with Gasteiger partial charge in [0.15, 0.2) is 12.4 Å². The summed E-state index contributed by atoms with van der Waals surface area (Å²) in [6.07, 6.45) is -7.87. The first kappa shape index (κ1) is 15.3. The number of carbonyl (C=O) groups is 1. The zero-order valence-corrected chi connectivity index (χ0v) is 10.6. The van der Waals surface area contributed by atoms with Crippen molar-refractivity contribution in [2.24, 2.45) is 5.92 Å². The first-order valence-electron chi connectivity index (χ1n) is 5.83. The highest BCUT2D eigenvalue weighted by atomic mass is 16.7. The van der Waals surface area contributed by atoms with Crippen molar-refractivity contribution < 1.29 is 34.7 Å². The third-order valence-corrected chi connectivity index (χ3v) is 3.12. The second kappa shape index (κ2) is 5.94. The Morgan fingerprint density at radius 1 is 1.17 bits per heavy atom. The van der Waals surface area contributed by atoms with Crippen molar-refractivity contribution in [3.05, 3.63) is 0 Å². The number of aliphatic carboxylic acids is 1. The summed E-state index contributed by atoms with van der Waals surface area (Å²) in [6.45, 7) is 5.53. The van der Waals surface area contributed by atoms with Crippen LogP contribution in [0.25, 0.3) is 0 Å². The molecule has 4 N–H and O–H groups in total. The molecule has 0 bridgehead atoms. The molecule has 6 atom stereocenters. The first-order chi connectivity index (χ1) is 8.25. The molecular weight excluding hydrogens is 244 g/mol. The van der Waals surface area contributed by atoms with E-state index in [1.807, 2.05) is 13.8 Å². The molecule has 0 aliphatic carbocycles. The first-order valence-corrected chi connectivity index (χ1v) is 5.83.